The zero-order valence-corrected chi connectivity index (χ0v) is 13.5. The monoisotopic (exact) mass is 342 g/mol. The summed E-state index contributed by atoms with van der Waals surface area (Å²) in [6.45, 7) is 4.09. The minimum atomic E-state index is -1.29. The number of hydrogen-bond donors (Lipinski definition) is 0. The van der Waals surface area contributed by atoms with Crippen LogP contribution in [0.5, 0.6) is 11.5 Å². The molecule has 6 heteroatoms. The fourth-order valence-electron chi connectivity index (χ4n) is 2.13. The maximum Gasteiger partial charge on any atom is 0.201 e. The van der Waals surface area contributed by atoms with Gasteiger partial charge in [0.05, 0.1) is 13.2 Å². The second kappa shape index (κ2) is 8.04. The van der Waals surface area contributed by atoms with Crippen LogP contribution in [-0.2, 0) is 0 Å². The molecule has 0 saturated carbocycles. The van der Waals surface area contributed by atoms with Crippen LogP contribution in [0.2, 0.25) is 0 Å². The lowest BCUT2D eigenvalue weighted by Crippen LogP contribution is -2.03. The van der Waals surface area contributed by atoms with Crippen LogP contribution in [0.4, 0.5) is 17.6 Å². The molecule has 0 bridgehead atoms. The Bertz CT molecular complexity index is 655. The van der Waals surface area contributed by atoms with Gasteiger partial charge in [-0.25, -0.2) is 8.78 Å². The highest BCUT2D eigenvalue weighted by Crippen LogP contribution is 2.34. The van der Waals surface area contributed by atoms with Crippen molar-refractivity contribution in [1.29, 1.82) is 0 Å². The molecule has 0 aliphatic rings. The Morgan fingerprint density at radius 1 is 0.625 bits per heavy atom. The van der Waals surface area contributed by atoms with Gasteiger partial charge in [0, 0.05) is 11.1 Å². The Hall–Kier alpha value is -2.24. The van der Waals surface area contributed by atoms with Gasteiger partial charge < -0.3 is 9.47 Å². The highest BCUT2D eigenvalue weighted by molar-refractivity contribution is 5.67. The van der Waals surface area contributed by atoms with Crippen molar-refractivity contribution in [3.05, 3.63) is 47.5 Å². The lowest BCUT2D eigenvalue weighted by Gasteiger charge is -2.12. The molecule has 0 amide bonds. The molecule has 0 spiro atoms. The minimum Gasteiger partial charge on any atom is -0.490 e. The Kier molecular flexibility index (Phi) is 6.06. The Morgan fingerprint density at radius 3 is 1.33 bits per heavy atom. The van der Waals surface area contributed by atoms with Gasteiger partial charge >= 0.3 is 0 Å². The van der Waals surface area contributed by atoms with E-state index < -0.39 is 23.3 Å². The molecule has 0 N–H and O–H groups in total. The molecule has 0 aromatic heterocycles. The molecule has 0 atom stereocenters. The molecule has 0 saturated heterocycles. The first-order valence-corrected chi connectivity index (χ1v) is 7.73. The first-order valence-electron chi connectivity index (χ1n) is 7.73. The van der Waals surface area contributed by atoms with Crippen molar-refractivity contribution >= 4 is 0 Å². The summed E-state index contributed by atoms with van der Waals surface area (Å²) in [6.07, 6.45) is 1.25. The van der Waals surface area contributed by atoms with Crippen LogP contribution in [0, 0.1) is 23.3 Å². The first-order chi connectivity index (χ1) is 11.5. The van der Waals surface area contributed by atoms with Crippen LogP contribution in [0.1, 0.15) is 26.7 Å². The van der Waals surface area contributed by atoms with Crippen molar-refractivity contribution in [3.63, 3.8) is 0 Å². The Morgan fingerprint density at radius 2 is 1.00 bits per heavy atom. The summed E-state index contributed by atoms with van der Waals surface area (Å²) < 4.78 is 66.6. The van der Waals surface area contributed by atoms with E-state index in [0.29, 0.717) is 12.8 Å². The Balaban J connectivity index is 2.41. The average Bonchev–Trinajstić information content (AvgIpc) is 2.58. The third-order valence-corrected chi connectivity index (χ3v) is 3.31. The smallest absolute Gasteiger partial charge is 0.201 e. The quantitative estimate of drug-likeness (QED) is 0.620. The molecule has 130 valence electrons. The molecule has 2 nitrogen and oxygen atoms in total. The van der Waals surface area contributed by atoms with Crippen molar-refractivity contribution in [2.75, 3.05) is 13.2 Å². The predicted molar refractivity (Wildman–Crippen MR) is 83.3 cm³/mol. The molecule has 0 aliphatic heterocycles. The molecule has 2 aromatic rings. The highest BCUT2D eigenvalue weighted by atomic mass is 19.2. The highest BCUT2D eigenvalue weighted by Gasteiger charge is 2.21. The lowest BCUT2D eigenvalue weighted by molar-refractivity contribution is 0.294. The van der Waals surface area contributed by atoms with E-state index in [2.05, 4.69) is 0 Å². The van der Waals surface area contributed by atoms with Gasteiger partial charge in [0.1, 0.15) is 0 Å². The number of ether oxygens (including phenoxy) is 2. The van der Waals surface area contributed by atoms with Gasteiger partial charge in [0.2, 0.25) is 11.6 Å². The second-order valence-corrected chi connectivity index (χ2v) is 5.18. The van der Waals surface area contributed by atoms with Gasteiger partial charge in [-0.1, -0.05) is 13.8 Å². The summed E-state index contributed by atoms with van der Waals surface area (Å²) in [6, 6.07) is 4.71. The molecule has 0 radical (unpaired) electrons. The molecule has 0 fully saturated rings. The first kappa shape index (κ1) is 18.1. The van der Waals surface area contributed by atoms with Crippen LogP contribution >= 0.6 is 0 Å². The van der Waals surface area contributed by atoms with Crippen molar-refractivity contribution in [2.24, 2.45) is 0 Å². The topological polar surface area (TPSA) is 18.5 Å². The zero-order valence-electron chi connectivity index (χ0n) is 13.5. The van der Waals surface area contributed by atoms with Crippen LogP contribution in [0.15, 0.2) is 24.3 Å². The largest absolute Gasteiger partial charge is 0.490 e. The molecular weight excluding hydrogens is 324 g/mol. The number of hydrogen-bond acceptors (Lipinski definition) is 2. The Labute approximate surface area is 138 Å². The standard InChI is InChI=1S/C18H18F4O2/c1-3-9-23-13-7-5-11(15(19)17(13)21)12-6-8-14(24-10-4-2)18(22)16(12)20/h5-8H,3-4,9-10H2,1-2H3. The van der Waals surface area contributed by atoms with Gasteiger partial charge in [-0.15, -0.1) is 0 Å². The van der Waals surface area contributed by atoms with Crippen molar-refractivity contribution in [1.82, 2.24) is 0 Å². The van der Waals surface area contributed by atoms with Crippen LogP contribution in [0.3, 0.4) is 0 Å². The average molecular weight is 342 g/mol. The third kappa shape index (κ3) is 3.63. The van der Waals surface area contributed by atoms with Gasteiger partial charge in [-0.05, 0) is 37.1 Å². The maximum absolute atomic E-state index is 14.2. The summed E-state index contributed by atoms with van der Waals surface area (Å²) in [7, 11) is 0. The van der Waals surface area contributed by atoms with Gasteiger partial charge in [-0.3, -0.25) is 0 Å². The van der Waals surface area contributed by atoms with Crippen LogP contribution in [-0.4, -0.2) is 13.2 Å². The normalized spacial score (nSPS) is 10.8. The minimum absolute atomic E-state index is 0.224. The second-order valence-electron chi connectivity index (χ2n) is 5.18. The molecule has 0 aliphatic carbocycles. The van der Waals surface area contributed by atoms with Gasteiger partial charge in [0.15, 0.2) is 23.1 Å². The van der Waals surface area contributed by atoms with E-state index in [4.69, 9.17) is 9.47 Å². The van der Waals surface area contributed by atoms with E-state index in [9.17, 15) is 17.6 Å². The van der Waals surface area contributed by atoms with Gasteiger partial charge in [-0.2, -0.15) is 8.78 Å². The summed E-state index contributed by atoms with van der Waals surface area (Å²) in [5, 5.41) is 0. The summed E-state index contributed by atoms with van der Waals surface area (Å²) in [5.74, 6) is -5.56. The van der Waals surface area contributed by atoms with Crippen LogP contribution < -0.4 is 9.47 Å². The van der Waals surface area contributed by atoms with E-state index in [1.165, 1.54) is 12.1 Å². The molecular formula is C18H18F4O2. The fraction of sp³-hybridized carbons (Fsp3) is 0.333. The van der Waals surface area contributed by atoms with E-state index in [-0.39, 0.29) is 35.8 Å². The summed E-state index contributed by atoms with van der Waals surface area (Å²) in [5.41, 5.74) is -0.760. The zero-order chi connectivity index (χ0) is 17.7. The van der Waals surface area contributed by atoms with Crippen molar-refractivity contribution in [2.45, 2.75) is 26.7 Å². The third-order valence-electron chi connectivity index (χ3n) is 3.31. The van der Waals surface area contributed by atoms with E-state index in [1.807, 2.05) is 13.8 Å². The van der Waals surface area contributed by atoms with Crippen LogP contribution in [0.25, 0.3) is 11.1 Å². The lowest BCUT2D eigenvalue weighted by atomic mass is 10.0. The van der Waals surface area contributed by atoms with Gasteiger partial charge in [0.25, 0.3) is 0 Å². The molecule has 0 heterocycles. The fourth-order valence-corrected chi connectivity index (χ4v) is 2.13. The summed E-state index contributed by atoms with van der Waals surface area (Å²) >= 11 is 0. The number of rotatable bonds is 7. The molecule has 2 rings (SSSR count). The molecule has 0 unspecified atom stereocenters. The molecule has 24 heavy (non-hydrogen) atoms. The van der Waals surface area contributed by atoms with E-state index >= 15 is 0 Å². The maximum atomic E-state index is 14.2. The SMILES string of the molecule is CCCOc1ccc(-c2ccc(OCCC)c(F)c2F)c(F)c1F. The number of halogens is 4. The molecule has 2 aromatic carbocycles. The van der Waals surface area contributed by atoms with Crippen molar-refractivity contribution in [3.8, 4) is 22.6 Å². The predicted octanol–water partition coefficient (Wildman–Crippen LogP) is 5.49. The summed E-state index contributed by atoms with van der Waals surface area (Å²) in [4.78, 5) is 0. The number of benzene rings is 2. The van der Waals surface area contributed by atoms with E-state index in [0.717, 1.165) is 12.1 Å². The van der Waals surface area contributed by atoms with Crippen molar-refractivity contribution < 1.29 is 27.0 Å². The van der Waals surface area contributed by atoms with E-state index in [1.54, 1.807) is 0 Å².